The fraction of sp³-hybridized carbons (Fsp3) is 0.176. The first-order valence-corrected chi connectivity index (χ1v) is 8.67. The molecule has 0 bridgehead atoms. The second kappa shape index (κ2) is 8.68. The number of nitrogens with one attached hydrogen (secondary N) is 1. The highest BCUT2D eigenvalue weighted by molar-refractivity contribution is 7.99. The van der Waals surface area contributed by atoms with Gasteiger partial charge in [-0.15, -0.1) is 0 Å². The quantitative estimate of drug-likeness (QED) is 0.600. The van der Waals surface area contributed by atoms with Gasteiger partial charge in [-0.3, -0.25) is 19.7 Å². The Labute approximate surface area is 159 Å². The third-order valence-corrected chi connectivity index (χ3v) is 4.68. The first-order valence-electron chi connectivity index (χ1n) is 7.48. The molecule has 0 aromatic heterocycles. The zero-order chi connectivity index (χ0) is 19.3. The molecule has 0 saturated heterocycles. The van der Waals surface area contributed by atoms with Gasteiger partial charge in [0, 0.05) is 35.6 Å². The molecule has 0 aliphatic heterocycles. The van der Waals surface area contributed by atoms with E-state index in [9.17, 15) is 19.7 Å². The summed E-state index contributed by atoms with van der Waals surface area (Å²) < 4.78 is 0. The Morgan fingerprint density at radius 2 is 1.85 bits per heavy atom. The average molecular weight is 394 g/mol. The van der Waals surface area contributed by atoms with E-state index >= 15 is 0 Å². The number of rotatable bonds is 6. The summed E-state index contributed by atoms with van der Waals surface area (Å²) >= 11 is 7.04. The second-order valence-corrected chi connectivity index (χ2v) is 7.02. The maximum Gasteiger partial charge on any atom is 0.284 e. The summed E-state index contributed by atoms with van der Waals surface area (Å²) in [6.45, 7) is -0.180. The fourth-order valence-corrected chi connectivity index (χ4v) is 2.96. The smallest absolute Gasteiger partial charge is 0.284 e. The van der Waals surface area contributed by atoms with Crippen molar-refractivity contribution in [2.24, 2.45) is 0 Å². The molecule has 0 atom stereocenters. The minimum Gasteiger partial charge on any atom is -0.347 e. The summed E-state index contributed by atoms with van der Waals surface area (Å²) in [7, 11) is 3.14. The molecule has 7 nitrogen and oxygen atoms in total. The van der Waals surface area contributed by atoms with E-state index in [1.165, 1.54) is 34.9 Å². The SMILES string of the molecule is CN(C)C(=O)CNC(=O)c1ccc(Sc2ccc(Cl)cc2)c([N+](=O)[O-])c1. The number of halogens is 1. The lowest BCUT2D eigenvalue weighted by atomic mass is 10.2. The predicted octanol–water partition coefficient (Wildman–Crippen LogP) is 3.22. The summed E-state index contributed by atoms with van der Waals surface area (Å²) in [5, 5.41) is 14.4. The normalized spacial score (nSPS) is 10.3. The highest BCUT2D eigenvalue weighted by Crippen LogP contribution is 2.35. The number of hydrogen-bond acceptors (Lipinski definition) is 5. The van der Waals surface area contributed by atoms with Crippen molar-refractivity contribution < 1.29 is 14.5 Å². The number of likely N-dealkylation sites (N-methyl/N-ethyl adjacent to an activating group) is 1. The van der Waals surface area contributed by atoms with Crippen molar-refractivity contribution in [3.8, 4) is 0 Å². The lowest BCUT2D eigenvalue weighted by Gasteiger charge is -2.11. The number of carbonyl (C=O) groups excluding carboxylic acids is 2. The lowest BCUT2D eigenvalue weighted by molar-refractivity contribution is -0.387. The molecular formula is C17H16ClN3O4S. The Hall–Kier alpha value is -2.58. The molecule has 9 heteroatoms. The number of carbonyl (C=O) groups is 2. The molecule has 2 aromatic rings. The Morgan fingerprint density at radius 3 is 2.42 bits per heavy atom. The molecule has 1 N–H and O–H groups in total. The molecule has 26 heavy (non-hydrogen) atoms. The largest absolute Gasteiger partial charge is 0.347 e. The molecule has 2 rings (SSSR count). The van der Waals surface area contributed by atoms with E-state index in [4.69, 9.17) is 11.6 Å². The van der Waals surface area contributed by atoms with Crippen molar-refractivity contribution in [1.29, 1.82) is 0 Å². The Kier molecular flexibility index (Phi) is 6.59. The Bertz CT molecular complexity index is 840. The first kappa shape index (κ1) is 19.7. The predicted molar refractivity (Wildman–Crippen MR) is 99.7 cm³/mol. The molecule has 0 radical (unpaired) electrons. The Morgan fingerprint density at radius 1 is 1.19 bits per heavy atom. The summed E-state index contributed by atoms with van der Waals surface area (Å²) in [5.74, 6) is -0.825. The zero-order valence-electron chi connectivity index (χ0n) is 14.1. The fourth-order valence-electron chi connectivity index (χ4n) is 1.93. The summed E-state index contributed by atoms with van der Waals surface area (Å²) in [6.07, 6.45) is 0. The second-order valence-electron chi connectivity index (χ2n) is 5.47. The first-order chi connectivity index (χ1) is 12.3. The van der Waals surface area contributed by atoms with Crippen LogP contribution in [0.3, 0.4) is 0 Å². The van der Waals surface area contributed by atoms with Gasteiger partial charge in [0.25, 0.3) is 11.6 Å². The molecule has 2 amide bonds. The van der Waals surface area contributed by atoms with Crippen molar-refractivity contribution in [2.45, 2.75) is 9.79 Å². The number of benzene rings is 2. The van der Waals surface area contributed by atoms with Crippen LogP contribution in [0.4, 0.5) is 5.69 Å². The van der Waals surface area contributed by atoms with Gasteiger partial charge in [0.2, 0.25) is 5.91 Å². The van der Waals surface area contributed by atoms with E-state index in [2.05, 4.69) is 5.32 Å². The highest BCUT2D eigenvalue weighted by atomic mass is 35.5. The van der Waals surface area contributed by atoms with Crippen LogP contribution in [-0.2, 0) is 4.79 Å². The number of amides is 2. The number of nitro groups is 1. The average Bonchev–Trinajstić information content (AvgIpc) is 2.61. The minimum absolute atomic E-state index is 0.115. The van der Waals surface area contributed by atoms with Gasteiger partial charge >= 0.3 is 0 Å². The van der Waals surface area contributed by atoms with E-state index in [0.717, 1.165) is 4.90 Å². The van der Waals surface area contributed by atoms with E-state index in [-0.39, 0.29) is 23.7 Å². The van der Waals surface area contributed by atoms with Gasteiger partial charge in [-0.2, -0.15) is 0 Å². The third kappa shape index (κ3) is 5.21. The van der Waals surface area contributed by atoms with E-state index in [1.54, 1.807) is 38.4 Å². The molecule has 2 aromatic carbocycles. The van der Waals surface area contributed by atoms with Crippen molar-refractivity contribution in [3.05, 3.63) is 63.2 Å². The maximum atomic E-state index is 12.1. The summed E-state index contributed by atoms with van der Waals surface area (Å²) in [5.41, 5.74) is -0.0692. The molecule has 0 aliphatic rings. The summed E-state index contributed by atoms with van der Waals surface area (Å²) in [4.78, 5) is 37.0. The number of nitro benzene ring substituents is 1. The van der Waals surface area contributed by atoms with E-state index in [1.807, 2.05) is 0 Å². The molecule has 0 heterocycles. The van der Waals surface area contributed by atoms with Crippen LogP contribution in [0.25, 0.3) is 0 Å². The monoisotopic (exact) mass is 393 g/mol. The topological polar surface area (TPSA) is 92.6 Å². The number of hydrogen-bond donors (Lipinski definition) is 1. The third-order valence-electron chi connectivity index (χ3n) is 3.36. The maximum absolute atomic E-state index is 12.1. The molecular weight excluding hydrogens is 378 g/mol. The summed E-state index contributed by atoms with van der Waals surface area (Å²) in [6, 6.07) is 11.1. The van der Waals surface area contributed by atoms with Crippen LogP contribution < -0.4 is 5.32 Å². The van der Waals surface area contributed by atoms with Crippen molar-refractivity contribution in [1.82, 2.24) is 10.2 Å². The van der Waals surface area contributed by atoms with Gasteiger partial charge in [0.15, 0.2) is 0 Å². The molecule has 0 aliphatic carbocycles. The Balaban J connectivity index is 2.19. The van der Waals surface area contributed by atoms with Gasteiger partial charge in [0.1, 0.15) is 0 Å². The van der Waals surface area contributed by atoms with Gasteiger partial charge < -0.3 is 10.2 Å². The van der Waals surface area contributed by atoms with Crippen molar-refractivity contribution >= 4 is 40.9 Å². The van der Waals surface area contributed by atoms with Crippen molar-refractivity contribution in [2.75, 3.05) is 20.6 Å². The van der Waals surface area contributed by atoms with Crippen LogP contribution >= 0.6 is 23.4 Å². The van der Waals surface area contributed by atoms with Gasteiger partial charge in [0.05, 0.1) is 16.4 Å². The van der Waals surface area contributed by atoms with Gasteiger partial charge in [-0.25, -0.2) is 0 Å². The molecule has 136 valence electrons. The molecule has 0 unspecified atom stereocenters. The van der Waals surface area contributed by atoms with Crippen LogP contribution in [0.2, 0.25) is 5.02 Å². The molecule has 0 spiro atoms. The van der Waals surface area contributed by atoms with Crippen molar-refractivity contribution in [3.63, 3.8) is 0 Å². The minimum atomic E-state index is -0.550. The highest BCUT2D eigenvalue weighted by Gasteiger charge is 2.19. The van der Waals surface area contributed by atoms with Crippen LogP contribution in [0.1, 0.15) is 10.4 Å². The zero-order valence-corrected chi connectivity index (χ0v) is 15.6. The van der Waals surface area contributed by atoms with Crippen LogP contribution in [0, 0.1) is 10.1 Å². The number of nitrogens with zero attached hydrogens (tertiary/aromatic N) is 2. The standard InChI is InChI=1S/C17H16ClN3O4S/c1-20(2)16(22)10-19-17(23)11-3-8-15(14(9-11)21(24)25)26-13-6-4-12(18)5-7-13/h3-9H,10H2,1-2H3,(H,19,23). The molecule has 0 saturated carbocycles. The van der Waals surface area contributed by atoms with Crippen LogP contribution in [-0.4, -0.2) is 42.3 Å². The van der Waals surface area contributed by atoms with Crippen LogP contribution in [0.5, 0.6) is 0 Å². The lowest BCUT2D eigenvalue weighted by Crippen LogP contribution is -2.36. The molecule has 0 fully saturated rings. The van der Waals surface area contributed by atoms with E-state index < -0.39 is 10.8 Å². The van der Waals surface area contributed by atoms with Gasteiger partial charge in [-0.05, 0) is 36.4 Å². The van der Waals surface area contributed by atoms with E-state index in [0.29, 0.717) is 9.92 Å². The van der Waals surface area contributed by atoms with Crippen LogP contribution in [0.15, 0.2) is 52.3 Å². The van der Waals surface area contributed by atoms with Gasteiger partial charge in [-0.1, -0.05) is 23.4 Å².